The quantitative estimate of drug-likeness (QED) is 0.783. The van der Waals surface area contributed by atoms with Gasteiger partial charge in [-0.2, -0.15) is 0 Å². The lowest BCUT2D eigenvalue weighted by molar-refractivity contribution is 0.0915. The summed E-state index contributed by atoms with van der Waals surface area (Å²) in [5.74, 6) is -0.997. The highest BCUT2D eigenvalue weighted by molar-refractivity contribution is 9.12. The van der Waals surface area contributed by atoms with Crippen LogP contribution >= 0.6 is 31.9 Å². The van der Waals surface area contributed by atoms with Crippen LogP contribution in [0.3, 0.4) is 0 Å². The molecule has 0 radical (unpaired) electrons. The number of oxazole rings is 1. The zero-order chi connectivity index (χ0) is 11.7. The highest BCUT2D eigenvalue weighted by Gasteiger charge is 2.21. The van der Waals surface area contributed by atoms with Crippen LogP contribution in [0.5, 0.6) is 0 Å². The number of hydrogen-bond acceptors (Lipinski definition) is 3. The van der Waals surface area contributed by atoms with Crippen molar-refractivity contribution in [2.75, 3.05) is 5.33 Å². The van der Waals surface area contributed by atoms with Gasteiger partial charge in [-0.3, -0.25) is 4.79 Å². The third-order valence-corrected chi connectivity index (χ3v) is 4.34. The van der Waals surface area contributed by atoms with Gasteiger partial charge in [0.15, 0.2) is 5.58 Å². The smallest absolute Gasteiger partial charge is 0.407 e. The van der Waals surface area contributed by atoms with Gasteiger partial charge in [0.2, 0.25) is 0 Å². The molecule has 1 aromatic carbocycles. The molecule has 2 rings (SSSR count). The second kappa shape index (κ2) is 4.55. The third-order valence-electron chi connectivity index (χ3n) is 2.11. The van der Waals surface area contributed by atoms with Crippen molar-refractivity contribution in [2.24, 2.45) is 0 Å². The Morgan fingerprint density at radius 3 is 2.81 bits per heavy atom. The minimum atomic E-state index is -0.656. The van der Waals surface area contributed by atoms with Gasteiger partial charge in [-0.15, -0.1) is 0 Å². The van der Waals surface area contributed by atoms with E-state index in [-0.39, 0.29) is 5.91 Å². The zero-order valence-electron chi connectivity index (χ0n) is 8.02. The number of nitrogens with zero attached hydrogens (tertiary/aromatic N) is 1. The normalized spacial score (nSPS) is 12.9. The van der Waals surface area contributed by atoms with E-state index in [2.05, 4.69) is 31.9 Å². The van der Waals surface area contributed by atoms with Crippen LogP contribution in [0.25, 0.3) is 11.1 Å². The lowest BCUT2D eigenvalue weighted by atomic mass is 10.3. The molecule has 2 aromatic rings. The standard InChI is InChI=1S/C10H7Br2NO3/c11-5-6(12)9(14)13-7-3-1-2-4-8(7)16-10(13)15/h1-4,6H,5H2/t6-/m0/s1. The summed E-state index contributed by atoms with van der Waals surface area (Å²) in [6, 6.07) is 6.82. The first-order valence-electron chi connectivity index (χ1n) is 4.50. The number of fused-ring (bicyclic) bond motifs is 1. The lowest BCUT2D eigenvalue weighted by Crippen LogP contribution is -2.30. The molecule has 4 nitrogen and oxygen atoms in total. The fraction of sp³-hybridized carbons (Fsp3) is 0.200. The minimum Gasteiger partial charge on any atom is -0.407 e. The number of para-hydroxylation sites is 2. The van der Waals surface area contributed by atoms with Crippen LogP contribution in [0.2, 0.25) is 0 Å². The van der Waals surface area contributed by atoms with Crippen LogP contribution in [0, 0.1) is 0 Å². The van der Waals surface area contributed by atoms with Gasteiger partial charge in [0.1, 0.15) is 4.83 Å². The Morgan fingerprint density at radius 1 is 1.44 bits per heavy atom. The molecule has 1 heterocycles. The fourth-order valence-electron chi connectivity index (χ4n) is 1.38. The van der Waals surface area contributed by atoms with Gasteiger partial charge in [-0.25, -0.2) is 9.36 Å². The van der Waals surface area contributed by atoms with Crippen molar-refractivity contribution in [3.8, 4) is 0 Å². The number of alkyl halides is 2. The van der Waals surface area contributed by atoms with Crippen molar-refractivity contribution in [1.29, 1.82) is 0 Å². The molecule has 1 atom stereocenters. The molecule has 0 saturated carbocycles. The number of benzene rings is 1. The maximum atomic E-state index is 11.9. The summed E-state index contributed by atoms with van der Waals surface area (Å²) in [5, 5.41) is 0.428. The second-order valence-corrected chi connectivity index (χ2v) is 4.88. The zero-order valence-corrected chi connectivity index (χ0v) is 11.2. The monoisotopic (exact) mass is 347 g/mol. The average Bonchev–Trinajstić information content (AvgIpc) is 2.63. The van der Waals surface area contributed by atoms with Crippen molar-refractivity contribution in [2.45, 2.75) is 4.83 Å². The molecule has 0 N–H and O–H groups in total. The lowest BCUT2D eigenvalue weighted by Gasteiger charge is -2.04. The molecule has 16 heavy (non-hydrogen) atoms. The van der Waals surface area contributed by atoms with E-state index in [0.717, 1.165) is 4.57 Å². The Hall–Kier alpha value is -0.880. The largest absolute Gasteiger partial charge is 0.426 e. The molecule has 0 bridgehead atoms. The van der Waals surface area contributed by atoms with Gasteiger partial charge in [-0.05, 0) is 12.1 Å². The molecule has 0 aliphatic carbocycles. The van der Waals surface area contributed by atoms with Crippen molar-refractivity contribution in [1.82, 2.24) is 4.57 Å². The summed E-state index contributed by atoms with van der Waals surface area (Å²) >= 11 is 6.36. The van der Waals surface area contributed by atoms with E-state index >= 15 is 0 Å². The SMILES string of the molecule is O=C([C@@H](Br)CBr)n1c(=O)oc2ccccc21. The van der Waals surface area contributed by atoms with E-state index in [9.17, 15) is 9.59 Å². The topological polar surface area (TPSA) is 52.2 Å². The molecular weight excluding hydrogens is 342 g/mol. The second-order valence-electron chi connectivity index (χ2n) is 3.13. The molecule has 0 amide bonds. The van der Waals surface area contributed by atoms with Crippen LogP contribution < -0.4 is 5.76 Å². The first kappa shape index (κ1) is 11.6. The predicted octanol–water partition coefficient (Wildman–Crippen LogP) is 2.39. The van der Waals surface area contributed by atoms with Crippen molar-refractivity contribution in [3.05, 3.63) is 34.8 Å². The number of halogens is 2. The van der Waals surface area contributed by atoms with Gasteiger partial charge in [0.25, 0.3) is 5.91 Å². The van der Waals surface area contributed by atoms with Gasteiger partial charge < -0.3 is 4.42 Å². The van der Waals surface area contributed by atoms with E-state index < -0.39 is 10.6 Å². The van der Waals surface area contributed by atoms with Crippen molar-refractivity contribution in [3.63, 3.8) is 0 Å². The number of carbonyl (C=O) groups is 1. The van der Waals surface area contributed by atoms with Crippen LogP contribution in [0.1, 0.15) is 4.79 Å². The van der Waals surface area contributed by atoms with E-state index in [1.54, 1.807) is 24.3 Å². The van der Waals surface area contributed by atoms with Gasteiger partial charge in [-0.1, -0.05) is 44.0 Å². The average molecular weight is 349 g/mol. The molecule has 0 fully saturated rings. The van der Waals surface area contributed by atoms with Crippen LogP contribution in [0.4, 0.5) is 0 Å². The van der Waals surface area contributed by atoms with Crippen molar-refractivity contribution < 1.29 is 9.21 Å². The predicted molar refractivity (Wildman–Crippen MR) is 67.6 cm³/mol. The van der Waals surface area contributed by atoms with Crippen LogP contribution in [-0.2, 0) is 0 Å². The van der Waals surface area contributed by atoms with Crippen LogP contribution in [0.15, 0.2) is 33.5 Å². The summed E-state index contributed by atoms with van der Waals surface area (Å²) in [7, 11) is 0. The van der Waals surface area contributed by atoms with Gasteiger partial charge in [0.05, 0.1) is 5.52 Å². The number of carbonyl (C=O) groups excluding carboxylic acids is 1. The molecule has 0 aliphatic rings. The minimum absolute atomic E-state index is 0.341. The molecule has 0 spiro atoms. The molecule has 84 valence electrons. The summed E-state index contributed by atoms with van der Waals surface area (Å²) < 4.78 is 6.00. The third kappa shape index (κ3) is 1.87. The molecule has 0 unspecified atom stereocenters. The molecule has 1 aromatic heterocycles. The number of aromatic nitrogens is 1. The summed E-state index contributed by atoms with van der Waals surface area (Å²) in [6.07, 6.45) is 0. The fourth-order valence-corrected chi connectivity index (χ4v) is 1.86. The molecular formula is C10H7Br2NO3. The molecule has 0 saturated heterocycles. The summed E-state index contributed by atoms with van der Waals surface area (Å²) in [4.78, 5) is 23.0. The van der Waals surface area contributed by atoms with E-state index in [4.69, 9.17) is 4.42 Å². The Balaban J connectivity index is 2.64. The molecule has 6 heteroatoms. The number of hydrogen-bond donors (Lipinski definition) is 0. The van der Waals surface area contributed by atoms with E-state index in [1.165, 1.54) is 0 Å². The van der Waals surface area contributed by atoms with Gasteiger partial charge in [0, 0.05) is 5.33 Å². The Kier molecular flexibility index (Phi) is 3.30. The van der Waals surface area contributed by atoms with Gasteiger partial charge >= 0.3 is 5.76 Å². The van der Waals surface area contributed by atoms with Crippen molar-refractivity contribution >= 4 is 48.9 Å². The maximum Gasteiger partial charge on any atom is 0.426 e. The Morgan fingerprint density at radius 2 is 2.12 bits per heavy atom. The highest BCUT2D eigenvalue weighted by atomic mass is 79.9. The Bertz CT molecular complexity index is 587. The first-order valence-corrected chi connectivity index (χ1v) is 6.53. The van der Waals surface area contributed by atoms with E-state index in [0.29, 0.717) is 16.4 Å². The summed E-state index contributed by atoms with van der Waals surface area (Å²) in [6.45, 7) is 0. The Labute approximate surface area is 107 Å². The van der Waals surface area contributed by atoms with E-state index in [1.807, 2.05) is 0 Å². The highest BCUT2D eigenvalue weighted by Crippen LogP contribution is 2.14. The molecule has 0 aliphatic heterocycles. The van der Waals surface area contributed by atoms with Crippen LogP contribution in [-0.4, -0.2) is 20.6 Å². The number of rotatable bonds is 2. The first-order chi connectivity index (χ1) is 7.65. The maximum absolute atomic E-state index is 11.9. The summed E-state index contributed by atoms with van der Waals surface area (Å²) in [5.41, 5.74) is 0.901.